The van der Waals surface area contributed by atoms with E-state index in [1.807, 2.05) is 0 Å². The lowest BCUT2D eigenvalue weighted by atomic mass is 10.2. The van der Waals surface area contributed by atoms with Crippen LogP contribution in [0.5, 0.6) is 0 Å². The number of rotatable bonds is 8. The average molecular weight is 472 g/mol. The number of halogens is 1. The molecule has 0 aromatic heterocycles. The maximum Gasteiger partial charge on any atom is 0.271 e. The molecule has 32 heavy (non-hydrogen) atoms. The Kier molecular flexibility index (Phi) is 6.92. The molecule has 0 unspecified atom stereocenters. The minimum absolute atomic E-state index is 0.00716. The molecule has 3 rings (SSSR count). The van der Waals surface area contributed by atoms with E-state index < -0.39 is 20.9 Å². The van der Waals surface area contributed by atoms with Gasteiger partial charge in [-0.2, -0.15) is 0 Å². The second-order valence-corrected chi connectivity index (χ2v) is 8.81. The van der Waals surface area contributed by atoms with Gasteiger partial charge in [-0.3, -0.25) is 19.2 Å². The van der Waals surface area contributed by atoms with E-state index in [1.54, 1.807) is 30.3 Å². The molecule has 0 bridgehead atoms. The van der Waals surface area contributed by atoms with Crippen LogP contribution in [0.4, 0.5) is 17.1 Å². The zero-order valence-electron chi connectivity index (χ0n) is 16.6. The van der Waals surface area contributed by atoms with E-state index in [4.69, 9.17) is 11.6 Å². The number of nitrogens with zero attached hydrogens (tertiary/aromatic N) is 2. The van der Waals surface area contributed by atoms with Crippen molar-refractivity contribution in [3.8, 4) is 0 Å². The molecular formula is C22H18ClN3O5S. The Bertz CT molecular complexity index is 1280. The van der Waals surface area contributed by atoms with E-state index in [9.17, 15) is 23.3 Å². The van der Waals surface area contributed by atoms with Gasteiger partial charge in [0.2, 0.25) is 0 Å². The third kappa shape index (κ3) is 4.96. The Morgan fingerprint density at radius 2 is 1.81 bits per heavy atom. The molecule has 0 fully saturated rings. The van der Waals surface area contributed by atoms with Crippen LogP contribution in [0, 0.1) is 10.1 Å². The van der Waals surface area contributed by atoms with Crippen LogP contribution in [0.1, 0.15) is 10.4 Å². The van der Waals surface area contributed by atoms with Crippen molar-refractivity contribution in [2.24, 2.45) is 0 Å². The number of para-hydroxylation sites is 1. The predicted molar refractivity (Wildman–Crippen MR) is 124 cm³/mol. The van der Waals surface area contributed by atoms with E-state index >= 15 is 0 Å². The lowest BCUT2D eigenvalue weighted by molar-refractivity contribution is -0.384. The third-order valence-corrected chi connectivity index (χ3v) is 6.69. The number of nitro groups is 1. The number of nitro benzene ring substituents is 1. The summed E-state index contributed by atoms with van der Waals surface area (Å²) in [6.07, 6.45) is 1.44. The summed E-state index contributed by atoms with van der Waals surface area (Å²) in [5.74, 6) is -0.645. The Labute approximate surface area is 190 Å². The number of non-ortho nitro benzene ring substituents is 1. The van der Waals surface area contributed by atoms with Crippen LogP contribution in [-0.2, 0) is 10.0 Å². The highest BCUT2D eigenvalue weighted by Crippen LogP contribution is 2.30. The van der Waals surface area contributed by atoms with Crippen molar-refractivity contribution in [2.75, 3.05) is 16.2 Å². The maximum atomic E-state index is 13.4. The van der Waals surface area contributed by atoms with Gasteiger partial charge < -0.3 is 5.32 Å². The minimum Gasteiger partial charge on any atom is -0.322 e. The van der Waals surface area contributed by atoms with Gasteiger partial charge in [0.25, 0.3) is 21.6 Å². The number of hydrogen-bond donors (Lipinski definition) is 1. The van der Waals surface area contributed by atoms with Crippen LogP contribution in [0.25, 0.3) is 0 Å². The molecule has 0 aliphatic carbocycles. The van der Waals surface area contributed by atoms with E-state index in [0.717, 1.165) is 4.31 Å². The highest BCUT2D eigenvalue weighted by Gasteiger charge is 2.27. The second kappa shape index (κ2) is 9.63. The molecule has 0 aliphatic heterocycles. The number of carbonyl (C=O) groups is 1. The predicted octanol–water partition coefficient (Wildman–Crippen LogP) is 4.88. The first kappa shape index (κ1) is 23.0. The smallest absolute Gasteiger partial charge is 0.271 e. The zero-order chi connectivity index (χ0) is 23.3. The zero-order valence-corrected chi connectivity index (χ0v) is 18.2. The fourth-order valence-electron chi connectivity index (χ4n) is 2.92. The van der Waals surface area contributed by atoms with Crippen molar-refractivity contribution >= 4 is 44.6 Å². The summed E-state index contributed by atoms with van der Waals surface area (Å²) in [5, 5.41) is 13.4. The largest absolute Gasteiger partial charge is 0.322 e. The molecule has 0 spiro atoms. The molecule has 3 aromatic carbocycles. The van der Waals surface area contributed by atoms with E-state index in [2.05, 4.69) is 11.9 Å². The van der Waals surface area contributed by atoms with Crippen LogP contribution >= 0.6 is 11.6 Å². The Balaban J connectivity index is 1.97. The SMILES string of the molecule is C=CCN(c1ccccc1)S(=O)(=O)c1cc(C(=O)Nc2cccc([N+](=O)[O-])c2)ccc1Cl. The van der Waals surface area contributed by atoms with Gasteiger partial charge >= 0.3 is 0 Å². The van der Waals surface area contributed by atoms with Gasteiger partial charge in [-0.25, -0.2) is 8.42 Å². The molecule has 1 amide bonds. The molecule has 0 atom stereocenters. The molecule has 0 heterocycles. The first-order valence-corrected chi connectivity index (χ1v) is 11.1. The van der Waals surface area contributed by atoms with Crippen molar-refractivity contribution in [1.29, 1.82) is 0 Å². The molecule has 1 N–H and O–H groups in total. The first-order valence-electron chi connectivity index (χ1n) is 9.28. The van der Waals surface area contributed by atoms with Gasteiger partial charge in [-0.15, -0.1) is 6.58 Å². The van der Waals surface area contributed by atoms with Crippen molar-refractivity contribution in [1.82, 2.24) is 0 Å². The van der Waals surface area contributed by atoms with Gasteiger partial charge in [0.1, 0.15) is 4.90 Å². The van der Waals surface area contributed by atoms with Crippen molar-refractivity contribution in [2.45, 2.75) is 4.90 Å². The Morgan fingerprint density at radius 1 is 1.09 bits per heavy atom. The summed E-state index contributed by atoms with van der Waals surface area (Å²) >= 11 is 6.19. The summed E-state index contributed by atoms with van der Waals surface area (Å²) in [6, 6.07) is 17.7. The molecule has 8 nitrogen and oxygen atoms in total. The summed E-state index contributed by atoms with van der Waals surface area (Å²) < 4.78 is 27.9. The topological polar surface area (TPSA) is 110 Å². The van der Waals surface area contributed by atoms with Crippen LogP contribution in [-0.4, -0.2) is 25.8 Å². The summed E-state index contributed by atoms with van der Waals surface area (Å²) in [4.78, 5) is 22.8. The Hall–Kier alpha value is -3.69. The highest BCUT2D eigenvalue weighted by molar-refractivity contribution is 7.93. The first-order chi connectivity index (χ1) is 15.2. The fourth-order valence-corrected chi connectivity index (χ4v) is 4.85. The van der Waals surface area contributed by atoms with Crippen molar-refractivity contribution < 1.29 is 18.1 Å². The molecule has 0 saturated carbocycles. The number of amides is 1. The van der Waals surface area contributed by atoms with Crippen LogP contribution in [0.3, 0.4) is 0 Å². The molecule has 10 heteroatoms. The third-order valence-electron chi connectivity index (χ3n) is 4.42. The number of hydrogen-bond acceptors (Lipinski definition) is 5. The van der Waals surface area contributed by atoms with E-state index in [0.29, 0.717) is 5.69 Å². The number of anilines is 2. The summed E-state index contributed by atoms with van der Waals surface area (Å²) in [6.45, 7) is 3.61. The highest BCUT2D eigenvalue weighted by atomic mass is 35.5. The summed E-state index contributed by atoms with van der Waals surface area (Å²) in [7, 11) is -4.13. The number of nitrogens with one attached hydrogen (secondary N) is 1. The van der Waals surface area contributed by atoms with Gasteiger partial charge in [-0.05, 0) is 36.4 Å². The average Bonchev–Trinajstić information content (AvgIpc) is 2.78. The van der Waals surface area contributed by atoms with E-state index in [1.165, 1.54) is 48.5 Å². The number of sulfonamides is 1. The second-order valence-electron chi connectivity index (χ2n) is 6.57. The van der Waals surface area contributed by atoms with Crippen molar-refractivity contribution in [3.05, 3.63) is 106 Å². The monoisotopic (exact) mass is 471 g/mol. The van der Waals surface area contributed by atoms with Gasteiger partial charge in [-0.1, -0.05) is 41.9 Å². The quantitative estimate of drug-likeness (QED) is 0.286. The normalized spacial score (nSPS) is 10.9. The van der Waals surface area contributed by atoms with Gasteiger partial charge in [0.15, 0.2) is 0 Å². The maximum absolute atomic E-state index is 13.4. The number of benzene rings is 3. The molecule has 0 saturated heterocycles. The molecule has 3 aromatic rings. The van der Waals surface area contributed by atoms with E-state index in [-0.39, 0.29) is 33.4 Å². The lowest BCUT2D eigenvalue weighted by Crippen LogP contribution is -2.31. The fraction of sp³-hybridized carbons (Fsp3) is 0.0455. The number of carbonyl (C=O) groups excluding carboxylic acids is 1. The molecule has 0 radical (unpaired) electrons. The van der Waals surface area contributed by atoms with Gasteiger partial charge in [0.05, 0.1) is 22.2 Å². The van der Waals surface area contributed by atoms with Crippen molar-refractivity contribution in [3.63, 3.8) is 0 Å². The minimum atomic E-state index is -4.13. The molecule has 0 aliphatic rings. The Morgan fingerprint density at radius 3 is 2.47 bits per heavy atom. The van der Waals surface area contributed by atoms with Crippen LogP contribution in [0.15, 0.2) is 90.3 Å². The van der Waals surface area contributed by atoms with Crippen LogP contribution in [0.2, 0.25) is 5.02 Å². The molecular weight excluding hydrogens is 454 g/mol. The van der Waals surface area contributed by atoms with Gasteiger partial charge in [0, 0.05) is 23.4 Å². The van der Waals surface area contributed by atoms with Crippen LogP contribution < -0.4 is 9.62 Å². The summed E-state index contributed by atoms with van der Waals surface area (Å²) in [5.41, 5.74) is 0.437. The lowest BCUT2D eigenvalue weighted by Gasteiger charge is -2.24. The molecule has 164 valence electrons. The standard InChI is InChI=1S/C22H18ClN3O5S/c1-2-13-25(18-8-4-3-5-9-18)32(30,31)21-14-16(11-12-20(21)23)22(27)24-17-7-6-10-19(15-17)26(28)29/h2-12,14-15H,1,13H2,(H,24,27).